The molecule has 2 N–H and O–H groups in total. The summed E-state index contributed by atoms with van der Waals surface area (Å²) >= 11 is 0. The first-order chi connectivity index (χ1) is 7.72. The largest absolute Gasteiger partial charge is 0.463 e. The lowest BCUT2D eigenvalue weighted by Crippen LogP contribution is -2.02. The van der Waals surface area contributed by atoms with Crippen LogP contribution in [-0.2, 0) is 4.74 Å². The van der Waals surface area contributed by atoms with Gasteiger partial charge in [0.25, 0.3) is 0 Å². The number of hydrogen-bond acceptors (Lipinski definition) is 4. The van der Waals surface area contributed by atoms with Gasteiger partial charge in [0.15, 0.2) is 0 Å². The van der Waals surface area contributed by atoms with Crippen molar-refractivity contribution in [3.8, 4) is 11.3 Å². The molecular formula is C12H11NO3. The van der Waals surface area contributed by atoms with Crippen LogP contribution in [0.5, 0.6) is 0 Å². The summed E-state index contributed by atoms with van der Waals surface area (Å²) in [4.78, 5) is 11.3. The quantitative estimate of drug-likeness (QED) is 0.784. The van der Waals surface area contributed by atoms with E-state index >= 15 is 0 Å². The molecule has 0 saturated carbocycles. The third-order valence-corrected chi connectivity index (χ3v) is 2.19. The van der Waals surface area contributed by atoms with Crippen LogP contribution in [0.3, 0.4) is 0 Å². The topological polar surface area (TPSA) is 65.5 Å². The molecule has 0 spiro atoms. The van der Waals surface area contributed by atoms with Gasteiger partial charge in [0.05, 0.1) is 12.8 Å². The lowest BCUT2D eigenvalue weighted by Gasteiger charge is -1.96. The second kappa shape index (κ2) is 4.10. The standard InChI is InChI=1S/C12H11NO3/c1-15-12(14)11-9(13)7-10(16-11)8-5-3-2-4-6-8/h2-7H,13H2,1H3. The van der Waals surface area contributed by atoms with Crippen molar-refractivity contribution in [2.45, 2.75) is 0 Å². The molecule has 0 aliphatic carbocycles. The highest BCUT2D eigenvalue weighted by Crippen LogP contribution is 2.27. The molecule has 0 aliphatic rings. The minimum Gasteiger partial charge on any atom is -0.463 e. The highest BCUT2D eigenvalue weighted by Gasteiger charge is 2.17. The molecule has 4 heteroatoms. The van der Waals surface area contributed by atoms with Gasteiger partial charge in [0, 0.05) is 11.6 Å². The highest BCUT2D eigenvalue weighted by molar-refractivity contribution is 5.93. The molecule has 0 amide bonds. The van der Waals surface area contributed by atoms with E-state index in [1.165, 1.54) is 7.11 Å². The van der Waals surface area contributed by atoms with Gasteiger partial charge in [0.1, 0.15) is 5.76 Å². The number of furan rings is 1. The van der Waals surface area contributed by atoms with Crippen LogP contribution >= 0.6 is 0 Å². The molecule has 2 aromatic rings. The summed E-state index contributed by atoms with van der Waals surface area (Å²) in [7, 11) is 1.28. The van der Waals surface area contributed by atoms with Crippen LogP contribution in [0.15, 0.2) is 40.8 Å². The third-order valence-electron chi connectivity index (χ3n) is 2.19. The molecule has 1 heterocycles. The fourth-order valence-electron chi connectivity index (χ4n) is 1.40. The fraction of sp³-hybridized carbons (Fsp3) is 0.0833. The van der Waals surface area contributed by atoms with Gasteiger partial charge in [-0.3, -0.25) is 0 Å². The second-order valence-electron chi connectivity index (χ2n) is 3.25. The molecule has 0 bridgehead atoms. The minimum atomic E-state index is -0.570. The molecule has 1 aromatic heterocycles. The number of ether oxygens (including phenoxy) is 1. The van der Waals surface area contributed by atoms with Crippen LogP contribution in [0.25, 0.3) is 11.3 Å². The zero-order valence-electron chi connectivity index (χ0n) is 8.77. The van der Waals surface area contributed by atoms with Gasteiger partial charge in [-0.2, -0.15) is 0 Å². The molecule has 0 saturated heterocycles. The van der Waals surface area contributed by atoms with E-state index < -0.39 is 5.97 Å². The summed E-state index contributed by atoms with van der Waals surface area (Å²) in [5.74, 6) is 0.0273. The van der Waals surface area contributed by atoms with Crippen LogP contribution in [0.1, 0.15) is 10.6 Å². The Labute approximate surface area is 92.6 Å². The van der Waals surface area contributed by atoms with Crippen LogP contribution < -0.4 is 5.73 Å². The molecule has 0 unspecified atom stereocenters. The smallest absolute Gasteiger partial charge is 0.376 e. The lowest BCUT2D eigenvalue weighted by atomic mass is 10.2. The average molecular weight is 217 g/mol. The van der Waals surface area contributed by atoms with Crippen molar-refractivity contribution >= 4 is 11.7 Å². The van der Waals surface area contributed by atoms with Crippen molar-refractivity contribution in [1.82, 2.24) is 0 Å². The molecular weight excluding hydrogens is 206 g/mol. The summed E-state index contributed by atoms with van der Waals surface area (Å²) in [6, 6.07) is 11.0. The summed E-state index contributed by atoms with van der Waals surface area (Å²) in [6.07, 6.45) is 0. The number of carbonyl (C=O) groups is 1. The number of anilines is 1. The molecule has 0 fully saturated rings. The van der Waals surface area contributed by atoms with Crippen LogP contribution in [0, 0.1) is 0 Å². The molecule has 1 aromatic carbocycles. The van der Waals surface area contributed by atoms with E-state index in [9.17, 15) is 4.79 Å². The summed E-state index contributed by atoms with van der Waals surface area (Å²) < 4.78 is 9.91. The molecule has 0 radical (unpaired) electrons. The highest BCUT2D eigenvalue weighted by atomic mass is 16.5. The predicted molar refractivity (Wildman–Crippen MR) is 59.9 cm³/mol. The molecule has 0 aliphatic heterocycles. The normalized spacial score (nSPS) is 10.1. The monoisotopic (exact) mass is 217 g/mol. The van der Waals surface area contributed by atoms with Gasteiger partial charge in [-0.05, 0) is 0 Å². The SMILES string of the molecule is COC(=O)c1oc(-c2ccccc2)cc1N. The van der Waals surface area contributed by atoms with Crippen LogP contribution in [0.2, 0.25) is 0 Å². The number of esters is 1. The second-order valence-corrected chi connectivity index (χ2v) is 3.25. The van der Waals surface area contributed by atoms with Crippen molar-refractivity contribution in [3.63, 3.8) is 0 Å². The maximum absolute atomic E-state index is 11.3. The number of nitrogens with two attached hydrogens (primary N) is 1. The van der Waals surface area contributed by atoms with Gasteiger partial charge in [-0.1, -0.05) is 30.3 Å². The number of rotatable bonds is 2. The van der Waals surface area contributed by atoms with Crippen molar-refractivity contribution in [1.29, 1.82) is 0 Å². The molecule has 16 heavy (non-hydrogen) atoms. The average Bonchev–Trinajstić information content (AvgIpc) is 2.71. The first-order valence-electron chi connectivity index (χ1n) is 4.75. The molecule has 4 nitrogen and oxygen atoms in total. The van der Waals surface area contributed by atoms with Crippen molar-refractivity contribution in [2.75, 3.05) is 12.8 Å². The van der Waals surface area contributed by atoms with E-state index in [4.69, 9.17) is 10.2 Å². The van der Waals surface area contributed by atoms with E-state index in [1.54, 1.807) is 6.07 Å². The summed E-state index contributed by atoms with van der Waals surface area (Å²) in [5, 5.41) is 0. The number of benzene rings is 1. The van der Waals surface area contributed by atoms with Gasteiger partial charge in [0.2, 0.25) is 5.76 Å². The van der Waals surface area contributed by atoms with E-state index in [0.717, 1.165) is 5.56 Å². The number of nitrogen functional groups attached to an aromatic ring is 1. The number of carbonyl (C=O) groups excluding carboxylic acids is 1. The summed E-state index contributed by atoms with van der Waals surface area (Å²) in [5.41, 5.74) is 6.81. The maximum Gasteiger partial charge on any atom is 0.376 e. The van der Waals surface area contributed by atoms with Gasteiger partial charge < -0.3 is 14.9 Å². The van der Waals surface area contributed by atoms with E-state index in [-0.39, 0.29) is 11.4 Å². The van der Waals surface area contributed by atoms with E-state index in [1.807, 2.05) is 30.3 Å². The summed E-state index contributed by atoms with van der Waals surface area (Å²) in [6.45, 7) is 0. The Morgan fingerprint density at radius 3 is 2.62 bits per heavy atom. The zero-order chi connectivity index (χ0) is 11.5. The Kier molecular flexibility index (Phi) is 2.64. The zero-order valence-corrected chi connectivity index (χ0v) is 8.77. The van der Waals surface area contributed by atoms with Crippen molar-refractivity contribution in [3.05, 3.63) is 42.2 Å². The lowest BCUT2D eigenvalue weighted by molar-refractivity contribution is 0.0568. The first-order valence-corrected chi connectivity index (χ1v) is 4.75. The Morgan fingerprint density at radius 1 is 1.31 bits per heavy atom. The molecule has 2 rings (SSSR count). The van der Waals surface area contributed by atoms with Gasteiger partial charge in [-0.25, -0.2) is 4.79 Å². The Morgan fingerprint density at radius 2 is 2.00 bits per heavy atom. The molecule has 82 valence electrons. The Hall–Kier alpha value is -2.23. The third kappa shape index (κ3) is 1.77. The first kappa shape index (κ1) is 10.3. The number of hydrogen-bond donors (Lipinski definition) is 1. The number of methoxy groups -OCH3 is 1. The van der Waals surface area contributed by atoms with Crippen LogP contribution in [0.4, 0.5) is 5.69 Å². The van der Waals surface area contributed by atoms with Crippen molar-refractivity contribution < 1.29 is 13.9 Å². The fourth-order valence-corrected chi connectivity index (χ4v) is 1.40. The minimum absolute atomic E-state index is 0.0429. The van der Waals surface area contributed by atoms with E-state index in [0.29, 0.717) is 5.76 Å². The van der Waals surface area contributed by atoms with E-state index in [2.05, 4.69) is 4.74 Å². The van der Waals surface area contributed by atoms with Gasteiger partial charge >= 0.3 is 5.97 Å². The van der Waals surface area contributed by atoms with Crippen molar-refractivity contribution in [2.24, 2.45) is 0 Å². The van der Waals surface area contributed by atoms with Crippen LogP contribution in [-0.4, -0.2) is 13.1 Å². The molecule has 0 atom stereocenters. The Bertz CT molecular complexity index is 502. The maximum atomic E-state index is 11.3. The predicted octanol–water partition coefficient (Wildman–Crippen LogP) is 2.32. The Balaban J connectivity index is 2.42. The van der Waals surface area contributed by atoms with Gasteiger partial charge in [-0.15, -0.1) is 0 Å².